The third-order valence-corrected chi connectivity index (χ3v) is 4.27. The number of benzene rings is 1. The molecule has 0 unspecified atom stereocenters. The highest BCUT2D eigenvalue weighted by Gasteiger charge is 2.12. The predicted octanol–water partition coefficient (Wildman–Crippen LogP) is 5.08. The summed E-state index contributed by atoms with van der Waals surface area (Å²) in [6, 6.07) is 11.5. The van der Waals surface area contributed by atoms with Gasteiger partial charge in [0.05, 0.1) is 10.6 Å². The van der Waals surface area contributed by atoms with Crippen molar-refractivity contribution in [1.29, 1.82) is 5.26 Å². The van der Waals surface area contributed by atoms with Crippen LogP contribution in [0.4, 0.5) is 0 Å². The highest BCUT2D eigenvalue weighted by molar-refractivity contribution is 14.1. The summed E-state index contributed by atoms with van der Waals surface area (Å²) in [6.07, 6.45) is 3.29. The molecule has 0 fully saturated rings. The Morgan fingerprint density at radius 3 is 2.79 bits per heavy atom. The smallest absolute Gasteiger partial charge is 0.101 e. The number of nitriles is 1. The Morgan fingerprint density at radius 1 is 1.37 bits per heavy atom. The Kier molecular flexibility index (Phi) is 4.97. The van der Waals surface area contributed by atoms with Crippen molar-refractivity contribution in [2.45, 2.75) is 0 Å². The van der Waals surface area contributed by atoms with Gasteiger partial charge in [-0.15, -0.1) is 0 Å². The van der Waals surface area contributed by atoms with Crippen LogP contribution in [0.5, 0.6) is 0 Å². The van der Waals surface area contributed by atoms with Crippen LogP contribution in [-0.2, 0) is 0 Å². The number of hydrogen-bond acceptors (Lipinski definition) is 2. The van der Waals surface area contributed by atoms with E-state index in [2.05, 4.69) is 49.6 Å². The molecule has 0 N–H and O–H groups in total. The topological polar surface area (TPSA) is 36.7 Å². The second kappa shape index (κ2) is 6.51. The molecule has 0 aliphatic heterocycles. The average molecular weight is 445 g/mol. The van der Waals surface area contributed by atoms with Crippen LogP contribution in [0.25, 0.3) is 10.6 Å². The highest BCUT2D eigenvalue weighted by atomic mass is 127. The zero-order chi connectivity index (χ0) is 13.8. The molecule has 0 atom stereocenters. The summed E-state index contributed by atoms with van der Waals surface area (Å²) in [6.45, 7) is 0. The largest absolute Gasteiger partial charge is 0.264 e. The van der Waals surface area contributed by atoms with Crippen molar-refractivity contribution in [3.63, 3.8) is 0 Å². The van der Waals surface area contributed by atoms with E-state index >= 15 is 0 Å². The SMILES string of the molecule is N#C/C(=C(/Cl)c1cc(Br)ccc1I)c1cccnc1. The van der Waals surface area contributed by atoms with E-state index in [4.69, 9.17) is 11.6 Å². The van der Waals surface area contributed by atoms with Crippen molar-refractivity contribution in [1.82, 2.24) is 4.98 Å². The summed E-state index contributed by atoms with van der Waals surface area (Å²) in [5, 5.41) is 9.77. The van der Waals surface area contributed by atoms with Crippen LogP contribution < -0.4 is 0 Å². The van der Waals surface area contributed by atoms with Crippen LogP contribution in [-0.4, -0.2) is 4.98 Å². The molecule has 0 aliphatic rings. The molecule has 0 saturated heterocycles. The molecule has 19 heavy (non-hydrogen) atoms. The van der Waals surface area contributed by atoms with E-state index in [0.29, 0.717) is 16.2 Å². The van der Waals surface area contributed by atoms with Crippen LogP contribution in [0.3, 0.4) is 0 Å². The molecule has 1 aromatic carbocycles. The zero-order valence-electron chi connectivity index (χ0n) is 9.57. The first-order chi connectivity index (χ1) is 9.13. The van der Waals surface area contributed by atoms with E-state index in [1.165, 1.54) is 0 Å². The van der Waals surface area contributed by atoms with Crippen LogP contribution >= 0.6 is 50.1 Å². The van der Waals surface area contributed by atoms with E-state index in [9.17, 15) is 5.26 Å². The molecule has 1 aromatic heterocycles. The van der Waals surface area contributed by atoms with Gasteiger partial charge in [0.25, 0.3) is 0 Å². The van der Waals surface area contributed by atoms with E-state index in [1.807, 2.05) is 24.3 Å². The molecule has 0 amide bonds. The Morgan fingerprint density at radius 2 is 2.16 bits per heavy atom. The first-order valence-electron chi connectivity index (χ1n) is 5.29. The second-order valence-corrected chi connectivity index (χ2v) is 6.12. The third-order valence-electron chi connectivity index (χ3n) is 2.45. The van der Waals surface area contributed by atoms with Gasteiger partial charge in [-0.05, 0) is 46.9 Å². The first-order valence-corrected chi connectivity index (χ1v) is 7.54. The maximum Gasteiger partial charge on any atom is 0.101 e. The maximum atomic E-state index is 9.34. The monoisotopic (exact) mass is 444 g/mol. The highest BCUT2D eigenvalue weighted by Crippen LogP contribution is 2.33. The molecule has 1 heterocycles. The molecule has 0 radical (unpaired) electrons. The van der Waals surface area contributed by atoms with Gasteiger partial charge in [-0.25, -0.2) is 0 Å². The normalized spacial score (nSPS) is 11.7. The van der Waals surface area contributed by atoms with Crippen molar-refractivity contribution in [3.8, 4) is 6.07 Å². The van der Waals surface area contributed by atoms with Gasteiger partial charge < -0.3 is 0 Å². The molecule has 0 aliphatic carbocycles. The van der Waals surface area contributed by atoms with Crippen molar-refractivity contribution in [3.05, 3.63) is 61.9 Å². The average Bonchev–Trinajstić information content (AvgIpc) is 2.43. The molecular formula is C14H7BrClIN2. The van der Waals surface area contributed by atoms with Gasteiger partial charge in [0.2, 0.25) is 0 Å². The van der Waals surface area contributed by atoms with E-state index in [0.717, 1.165) is 13.6 Å². The van der Waals surface area contributed by atoms with Crippen molar-refractivity contribution in [2.75, 3.05) is 0 Å². The number of nitrogens with zero attached hydrogens (tertiary/aromatic N) is 2. The standard InChI is InChI=1S/C14H7BrClIN2/c15-10-3-4-13(17)11(6-10)14(16)12(7-18)9-2-1-5-19-8-9/h1-6,8H/b14-12-. The Bertz CT molecular complexity index is 678. The van der Waals surface area contributed by atoms with Gasteiger partial charge in [0.15, 0.2) is 0 Å². The fourth-order valence-corrected chi connectivity index (χ4v) is 2.98. The molecule has 5 heteroatoms. The molecule has 0 bridgehead atoms. The van der Waals surface area contributed by atoms with Gasteiger partial charge in [-0.1, -0.05) is 33.6 Å². The number of pyridine rings is 1. The number of halogens is 3. The summed E-state index contributed by atoms with van der Waals surface area (Å²) in [5.74, 6) is 0. The quantitative estimate of drug-likeness (QED) is 0.478. The van der Waals surface area contributed by atoms with Crippen LogP contribution in [0.2, 0.25) is 0 Å². The third kappa shape index (κ3) is 3.35. The summed E-state index contributed by atoms with van der Waals surface area (Å²) in [4.78, 5) is 4.01. The molecule has 2 rings (SSSR count). The lowest BCUT2D eigenvalue weighted by Crippen LogP contribution is -1.90. The van der Waals surface area contributed by atoms with Gasteiger partial charge >= 0.3 is 0 Å². The first kappa shape index (κ1) is 14.5. The predicted molar refractivity (Wildman–Crippen MR) is 89.4 cm³/mol. The maximum absolute atomic E-state index is 9.34. The minimum Gasteiger partial charge on any atom is -0.264 e. The Balaban J connectivity index is 2.62. The van der Waals surface area contributed by atoms with E-state index < -0.39 is 0 Å². The van der Waals surface area contributed by atoms with Gasteiger partial charge in [-0.3, -0.25) is 4.98 Å². The number of rotatable bonds is 2. The molecular weight excluding hydrogens is 438 g/mol. The van der Waals surface area contributed by atoms with Crippen molar-refractivity contribution in [2.24, 2.45) is 0 Å². The number of hydrogen-bond donors (Lipinski definition) is 0. The lowest BCUT2D eigenvalue weighted by molar-refractivity contribution is 1.31. The second-order valence-electron chi connectivity index (χ2n) is 3.67. The lowest BCUT2D eigenvalue weighted by Gasteiger charge is -2.07. The van der Waals surface area contributed by atoms with E-state index in [-0.39, 0.29) is 0 Å². The number of allylic oxidation sites excluding steroid dienone is 1. The summed E-state index contributed by atoms with van der Waals surface area (Å²) >= 11 is 12.0. The Labute approximate surface area is 138 Å². The minimum atomic E-state index is 0.422. The number of aromatic nitrogens is 1. The molecule has 94 valence electrons. The van der Waals surface area contributed by atoms with Crippen molar-refractivity contribution >= 4 is 60.7 Å². The lowest BCUT2D eigenvalue weighted by atomic mass is 10.1. The minimum absolute atomic E-state index is 0.422. The van der Waals surface area contributed by atoms with Crippen LogP contribution in [0.15, 0.2) is 47.2 Å². The molecule has 0 spiro atoms. The van der Waals surface area contributed by atoms with Crippen LogP contribution in [0.1, 0.15) is 11.1 Å². The summed E-state index contributed by atoms with van der Waals surface area (Å²) in [5.41, 5.74) is 1.97. The summed E-state index contributed by atoms with van der Waals surface area (Å²) < 4.78 is 1.91. The zero-order valence-corrected chi connectivity index (χ0v) is 14.1. The summed E-state index contributed by atoms with van der Waals surface area (Å²) in [7, 11) is 0. The molecule has 0 saturated carbocycles. The fraction of sp³-hybridized carbons (Fsp3) is 0. The Hall–Kier alpha value is -0.900. The van der Waals surface area contributed by atoms with Gasteiger partial charge in [-0.2, -0.15) is 5.26 Å². The molecule has 2 aromatic rings. The van der Waals surface area contributed by atoms with Gasteiger partial charge in [0.1, 0.15) is 6.07 Å². The fourth-order valence-electron chi connectivity index (χ4n) is 1.55. The van der Waals surface area contributed by atoms with Crippen LogP contribution in [0, 0.1) is 14.9 Å². The van der Waals surface area contributed by atoms with Crippen molar-refractivity contribution < 1.29 is 0 Å². The van der Waals surface area contributed by atoms with Gasteiger partial charge in [0, 0.05) is 31.6 Å². The van der Waals surface area contributed by atoms with E-state index in [1.54, 1.807) is 18.5 Å². The molecule has 2 nitrogen and oxygen atoms in total.